The quantitative estimate of drug-likeness (QED) is 0.245. The number of morpholine rings is 1. The molecule has 1 N–H and O–H groups in total. The van der Waals surface area contributed by atoms with Crippen LogP contribution in [0.5, 0.6) is 0 Å². The molecule has 1 aliphatic rings. The molecule has 3 heterocycles. The Labute approximate surface area is 203 Å². The van der Waals surface area contributed by atoms with Crippen LogP contribution in [-0.4, -0.2) is 61.8 Å². The SMILES string of the molecule is C[Si](C)(C)CCOCc1[nH]c(I)c2cc(-c3cccc(C(=O)N4CCOCC4)c3)cnc12. The molecule has 170 valence electrons. The van der Waals surface area contributed by atoms with Crippen LogP contribution in [0, 0.1) is 3.70 Å². The van der Waals surface area contributed by atoms with E-state index in [2.05, 4.69) is 53.3 Å². The van der Waals surface area contributed by atoms with Gasteiger partial charge in [-0.25, -0.2) is 0 Å². The van der Waals surface area contributed by atoms with Gasteiger partial charge in [-0.3, -0.25) is 9.78 Å². The van der Waals surface area contributed by atoms with E-state index >= 15 is 0 Å². The minimum atomic E-state index is -1.10. The zero-order chi connectivity index (χ0) is 22.7. The first-order valence-electron chi connectivity index (χ1n) is 11.0. The fourth-order valence-electron chi connectivity index (χ4n) is 3.73. The Morgan fingerprint density at radius 2 is 2.00 bits per heavy atom. The second-order valence-corrected chi connectivity index (χ2v) is 16.1. The van der Waals surface area contributed by atoms with E-state index in [1.54, 1.807) is 0 Å². The van der Waals surface area contributed by atoms with E-state index in [4.69, 9.17) is 14.5 Å². The molecule has 0 bridgehead atoms. The van der Waals surface area contributed by atoms with Crippen molar-refractivity contribution in [1.82, 2.24) is 14.9 Å². The van der Waals surface area contributed by atoms with Gasteiger partial charge in [-0.2, -0.15) is 0 Å². The minimum absolute atomic E-state index is 0.0539. The number of benzene rings is 1. The molecule has 1 aliphatic heterocycles. The lowest BCUT2D eigenvalue weighted by Crippen LogP contribution is -2.40. The number of nitrogens with zero attached hydrogens (tertiary/aromatic N) is 2. The number of pyridine rings is 1. The van der Waals surface area contributed by atoms with E-state index in [1.807, 2.05) is 35.4 Å². The highest BCUT2D eigenvalue weighted by Crippen LogP contribution is 2.29. The number of fused-ring (bicyclic) bond motifs is 1. The highest BCUT2D eigenvalue weighted by Gasteiger charge is 2.19. The van der Waals surface area contributed by atoms with Gasteiger partial charge < -0.3 is 19.4 Å². The second kappa shape index (κ2) is 10.0. The number of rotatable bonds is 7. The summed E-state index contributed by atoms with van der Waals surface area (Å²) in [5, 5.41) is 1.08. The molecule has 1 saturated heterocycles. The monoisotopic (exact) mass is 563 g/mol. The van der Waals surface area contributed by atoms with E-state index in [9.17, 15) is 4.79 Å². The first kappa shape index (κ1) is 23.4. The van der Waals surface area contributed by atoms with Gasteiger partial charge in [-0.1, -0.05) is 31.8 Å². The topological polar surface area (TPSA) is 67.5 Å². The maximum absolute atomic E-state index is 12.9. The Morgan fingerprint density at radius 3 is 2.75 bits per heavy atom. The predicted octanol–water partition coefficient (Wildman–Crippen LogP) is 5.16. The van der Waals surface area contributed by atoms with Crippen molar-refractivity contribution in [2.75, 3.05) is 32.9 Å². The van der Waals surface area contributed by atoms with Crippen molar-refractivity contribution in [3.8, 4) is 11.1 Å². The highest BCUT2D eigenvalue weighted by molar-refractivity contribution is 14.1. The van der Waals surface area contributed by atoms with E-state index < -0.39 is 8.07 Å². The summed E-state index contributed by atoms with van der Waals surface area (Å²) < 4.78 is 12.4. The molecule has 0 aliphatic carbocycles. The van der Waals surface area contributed by atoms with Crippen LogP contribution in [0.4, 0.5) is 0 Å². The van der Waals surface area contributed by atoms with Crippen molar-refractivity contribution < 1.29 is 14.3 Å². The number of carbonyl (C=O) groups excluding carboxylic acids is 1. The Bertz CT molecular complexity index is 1100. The number of hydrogen-bond acceptors (Lipinski definition) is 4. The summed E-state index contributed by atoms with van der Waals surface area (Å²) >= 11 is 2.32. The van der Waals surface area contributed by atoms with E-state index in [1.165, 1.54) is 0 Å². The molecule has 3 aromatic rings. The van der Waals surface area contributed by atoms with Gasteiger partial charge in [-0.05, 0) is 52.4 Å². The molecular weight excluding hydrogens is 533 g/mol. The highest BCUT2D eigenvalue weighted by atomic mass is 127. The Kier molecular flexibility index (Phi) is 7.33. The number of halogens is 1. The minimum Gasteiger partial charge on any atom is -0.378 e. The van der Waals surface area contributed by atoms with Crippen molar-refractivity contribution in [2.24, 2.45) is 0 Å². The first-order chi connectivity index (χ1) is 15.3. The average Bonchev–Trinajstić information content (AvgIpc) is 3.11. The number of hydrogen-bond donors (Lipinski definition) is 1. The first-order valence-corrected chi connectivity index (χ1v) is 15.8. The van der Waals surface area contributed by atoms with Crippen molar-refractivity contribution in [1.29, 1.82) is 0 Å². The lowest BCUT2D eigenvalue weighted by atomic mass is 10.0. The van der Waals surface area contributed by atoms with Crippen molar-refractivity contribution in [3.05, 3.63) is 51.5 Å². The second-order valence-electron chi connectivity index (χ2n) is 9.39. The number of aromatic amines is 1. The molecule has 32 heavy (non-hydrogen) atoms. The lowest BCUT2D eigenvalue weighted by molar-refractivity contribution is 0.0303. The van der Waals surface area contributed by atoms with Crippen LogP contribution in [0.2, 0.25) is 25.7 Å². The molecule has 1 fully saturated rings. The van der Waals surface area contributed by atoms with Crippen molar-refractivity contribution in [2.45, 2.75) is 32.3 Å². The van der Waals surface area contributed by atoms with Crippen LogP contribution in [0.15, 0.2) is 36.5 Å². The van der Waals surface area contributed by atoms with E-state index in [0.717, 1.165) is 44.1 Å². The number of aromatic nitrogens is 2. The molecule has 0 unspecified atom stereocenters. The van der Waals surface area contributed by atoms with Gasteiger partial charge in [0.1, 0.15) is 0 Å². The zero-order valence-corrected chi connectivity index (χ0v) is 22.1. The normalized spacial score (nSPS) is 14.8. The van der Waals surface area contributed by atoms with Crippen LogP contribution in [0.25, 0.3) is 22.0 Å². The summed E-state index contributed by atoms with van der Waals surface area (Å²) in [6.07, 6.45) is 1.89. The molecule has 1 amide bonds. The maximum atomic E-state index is 12.9. The summed E-state index contributed by atoms with van der Waals surface area (Å²) in [6.45, 7) is 10.9. The molecule has 0 saturated carbocycles. The summed E-state index contributed by atoms with van der Waals surface area (Å²) in [6, 6.07) is 11.1. The van der Waals surface area contributed by atoms with Crippen LogP contribution < -0.4 is 0 Å². The average molecular weight is 564 g/mol. The number of H-pyrrole nitrogens is 1. The molecule has 0 atom stereocenters. The molecule has 8 heteroatoms. The fraction of sp³-hybridized carbons (Fsp3) is 0.417. The Hall–Kier alpha value is -1.75. The van der Waals surface area contributed by atoms with Gasteiger partial charge in [-0.15, -0.1) is 0 Å². The molecule has 0 radical (unpaired) electrons. The summed E-state index contributed by atoms with van der Waals surface area (Å²) in [4.78, 5) is 22.9. The van der Waals surface area contributed by atoms with Crippen molar-refractivity contribution in [3.63, 3.8) is 0 Å². The number of carbonyl (C=O) groups is 1. The molecular formula is C24H30IN3O3Si. The molecule has 1 aromatic carbocycles. The van der Waals surface area contributed by atoms with Gasteiger partial charge in [0.15, 0.2) is 0 Å². The molecule has 0 spiro atoms. The smallest absolute Gasteiger partial charge is 0.254 e. The van der Waals surface area contributed by atoms with Crippen LogP contribution >= 0.6 is 22.6 Å². The predicted molar refractivity (Wildman–Crippen MR) is 139 cm³/mol. The van der Waals surface area contributed by atoms with Crippen LogP contribution in [0.1, 0.15) is 16.1 Å². The largest absolute Gasteiger partial charge is 0.378 e. The number of ether oxygens (including phenoxy) is 2. The van der Waals surface area contributed by atoms with Gasteiger partial charge in [0, 0.05) is 50.5 Å². The van der Waals surface area contributed by atoms with Crippen molar-refractivity contribution >= 4 is 47.5 Å². The van der Waals surface area contributed by atoms with Crippen LogP contribution in [0.3, 0.4) is 0 Å². The number of nitrogens with one attached hydrogen (secondary N) is 1. The maximum Gasteiger partial charge on any atom is 0.254 e. The summed E-state index contributed by atoms with van der Waals surface area (Å²) in [5.41, 5.74) is 4.65. The van der Waals surface area contributed by atoms with Gasteiger partial charge >= 0.3 is 0 Å². The molecule has 4 rings (SSSR count). The summed E-state index contributed by atoms with van der Waals surface area (Å²) in [5.74, 6) is 0.0539. The number of amides is 1. The Morgan fingerprint density at radius 1 is 1.22 bits per heavy atom. The molecule has 6 nitrogen and oxygen atoms in total. The Balaban J connectivity index is 1.53. The van der Waals surface area contributed by atoms with E-state index in [-0.39, 0.29) is 5.91 Å². The standard InChI is InChI=1S/C24H30IN3O3Si/c1-32(2,3)12-11-31-16-21-22-20(23(25)27-21)14-19(15-26-22)17-5-4-6-18(13-17)24(29)28-7-9-30-10-8-28/h4-6,13-15,27H,7-12,16H2,1-3H3. The van der Waals surface area contributed by atoms with Gasteiger partial charge in [0.2, 0.25) is 0 Å². The van der Waals surface area contributed by atoms with E-state index in [0.29, 0.717) is 38.5 Å². The third kappa shape index (κ3) is 5.59. The van der Waals surface area contributed by atoms with Gasteiger partial charge in [0.25, 0.3) is 5.91 Å². The zero-order valence-electron chi connectivity index (χ0n) is 18.9. The van der Waals surface area contributed by atoms with Crippen LogP contribution in [-0.2, 0) is 16.1 Å². The fourth-order valence-corrected chi connectivity index (χ4v) is 5.22. The van der Waals surface area contributed by atoms with Gasteiger partial charge in [0.05, 0.1) is 34.7 Å². The third-order valence-corrected chi connectivity index (χ3v) is 8.21. The third-order valence-electron chi connectivity index (χ3n) is 5.65. The summed E-state index contributed by atoms with van der Waals surface area (Å²) in [7, 11) is -1.10. The lowest BCUT2D eigenvalue weighted by Gasteiger charge is -2.27. The molecule has 2 aromatic heterocycles.